The van der Waals surface area contributed by atoms with Crippen molar-refractivity contribution in [3.63, 3.8) is 0 Å². The Hall–Kier alpha value is -1.82. The highest BCUT2D eigenvalue weighted by atomic mass is 19.1. The largest absolute Gasteiger partial charge is 0.389 e. The van der Waals surface area contributed by atoms with Gasteiger partial charge in [0, 0.05) is 31.1 Å². The Bertz CT molecular complexity index is 754. The molecule has 2 aromatic rings. The van der Waals surface area contributed by atoms with Crippen LogP contribution in [0.1, 0.15) is 24.0 Å². The summed E-state index contributed by atoms with van der Waals surface area (Å²) in [5.41, 5.74) is 0.606. The van der Waals surface area contributed by atoms with E-state index in [-0.39, 0.29) is 18.5 Å². The molecule has 2 heterocycles. The number of fused-ring (bicyclic) bond motifs is 2. The number of hydrogen-bond acceptors (Lipinski definition) is 3. The molecule has 5 heteroatoms. The monoisotopic (exact) mass is 359 g/mol. The second-order valence-corrected chi connectivity index (χ2v) is 7.55. The molecule has 2 bridgehead atoms. The van der Waals surface area contributed by atoms with Crippen molar-refractivity contribution in [1.82, 2.24) is 4.90 Å². The molecule has 0 aliphatic carbocycles. The number of nitrogens with zero attached hydrogens (tertiary/aromatic N) is 1. The molecule has 2 aromatic carbocycles. The number of benzene rings is 2. The van der Waals surface area contributed by atoms with Gasteiger partial charge < -0.3 is 9.84 Å². The average molecular weight is 359 g/mol. The van der Waals surface area contributed by atoms with Gasteiger partial charge in [-0.15, -0.1) is 0 Å². The van der Waals surface area contributed by atoms with Crippen LogP contribution < -0.4 is 0 Å². The highest BCUT2D eigenvalue weighted by Crippen LogP contribution is 2.37. The molecule has 2 aliphatic heterocycles. The molecule has 138 valence electrons. The van der Waals surface area contributed by atoms with Crippen LogP contribution in [-0.2, 0) is 17.7 Å². The molecule has 0 amide bonds. The van der Waals surface area contributed by atoms with Gasteiger partial charge in [-0.05, 0) is 30.0 Å². The van der Waals surface area contributed by atoms with Gasteiger partial charge in [0.25, 0.3) is 0 Å². The van der Waals surface area contributed by atoms with Crippen molar-refractivity contribution in [2.75, 3.05) is 13.2 Å². The summed E-state index contributed by atoms with van der Waals surface area (Å²) in [6.07, 6.45) is 1.24. The van der Waals surface area contributed by atoms with Crippen molar-refractivity contribution >= 4 is 0 Å². The normalized spacial score (nSPS) is 28.9. The molecule has 3 nitrogen and oxygen atoms in total. The van der Waals surface area contributed by atoms with Crippen LogP contribution in [0.2, 0.25) is 0 Å². The van der Waals surface area contributed by atoms with Crippen LogP contribution in [-0.4, -0.2) is 40.9 Å². The van der Waals surface area contributed by atoms with E-state index < -0.39 is 17.2 Å². The van der Waals surface area contributed by atoms with Crippen LogP contribution in [0.3, 0.4) is 0 Å². The van der Waals surface area contributed by atoms with E-state index in [1.54, 1.807) is 0 Å². The van der Waals surface area contributed by atoms with Crippen LogP contribution in [0.25, 0.3) is 0 Å². The molecule has 1 N–H and O–H groups in total. The number of halogens is 2. The fourth-order valence-corrected chi connectivity index (χ4v) is 4.36. The van der Waals surface area contributed by atoms with E-state index in [0.717, 1.165) is 12.6 Å². The number of aliphatic hydroxyl groups is 1. The lowest BCUT2D eigenvalue weighted by Gasteiger charge is -2.51. The molecule has 0 saturated carbocycles. The fraction of sp³-hybridized carbons (Fsp3) is 0.429. The van der Waals surface area contributed by atoms with E-state index in [2.05, 4.69) is 17.0 Å². The maximum atomic E-state index is 14.0. The number of morpholine rings is 1. The summed E-state index contributed by atoms with van der Waals surface area (Å²) in [6.45, 7) is 1.95. The Morgan fingerprint density at radius 2 is 1.73 bits per heavy atom. The first kappa shape index (κ1) is 17.6. The topological polar surface area (TPSA) is 32.7 Å². The Labute approximate surface area is 152 Å². The number of ether oxygens (including phenoxy) is 1. The molecule has 0 radical (unpaired) electrons. The minimum Gasteiger partial charge on any atom is -0.389 e. The highest BCUT2D eigenvalue weighted by Gasteiger charge is 2.46. The van der Waals surface area contributed by atoms with Gasteiger partial charge in [0.15, 0.2) is 0 Å². The summed E-state index contributed by atoms with van der Waals surface area (Å²) in [4.78, 5) is 2.40. The second kappa shape index (κ2) is 7.06. The number of piperidine rings is 1. The molecule has 4 rings (SSSR count). The predicted molar refractivity (Wildman–Crippen MR) is 94.6 cm³/mol. The van der Waals surface area contributed by atoms with E-state index in [0.29, 0.717) is 31.6 Å². The Morgan fingerprint density at radius 3 is 2.38 bits per heavy atom. The van der Waals surface area contributed by atoms with Crippen LogP contribution in [0.4, 0.5) is 8.78 Å². The molecule has 2 unspecified atom stereocenters. The molecule has 2 aliphatic rings. The van der Waals surface area contributed by atoms with Crippen LogP contribution in [0, 0.1) is 11.6 Å². The van der Waals surface area contributed by atoms with Gasteiger partial charge >= 0.3 is 0 Å². The Morgan fingerprint density at radius 1 is 1.04 bits per heavy atom. The quantitative estimate of drug-likeness (QED) is 0.909. The molecule has 2 atom stereocenters. The van der Waals surface area contributed by atoms with Crippen molar-refractivity contribution < 1.29 is 18.6 Å². The minimum atomic E-state index is -0.995. The lowest BCUT2D eigenvalue weighted by atomic mass is 9.77. The third kappa shape index (κ3) is 3.65. The van der Waals surface area contributed by atoms with E-state index in [4.69, 9.17) is 4.74 Å². The zero-order valence-electron chi connectivity index (χ0n) is 14.6. The van der Waals surface area contributed by atoms with Crippen molar-refractivity contribution in [2.24, 2.45) is 0 Å². The molecular weight excluding hydrogens is 336 g/mol. The van der Waals surface area contributed by atoms with Gasteiger partial charge in [-0.3, -0.25) is 4.90 Å². The van der Waals surface area contributed by atoms with E-state index in [1.807, 2.05) is 18.2 Å². The lowest BCUT2D eigenvalue weighted by molar-refractivity contribution is -0.145. The van der Waals surface area contributed by atoms with Gasteiger partial charge in [-0.25, -0.2) is 8.78 Å². The van der Waals surface area contributed by atoms with Crippen LogP contribution in [0.15, 0.2) is 48.5 Å². The highest BCUT2D eigenvalue weighted by molar-refractivity contribution is 5.22. The summed E-state index contributed by atoms with van der Waals surface area (Å²) in [5, 5.41) is 11.2. The molecular formula is C21H23F2NO2. The van der Waals surface area contributed by atoms with Gasteiger partial charge in [-0.2, -0.15) is 0 Å². The third-order valence-electron chi connectivity index (χ3n) is 5.53. The van der Waals surface area contributed by atoms with Crippen LogP contribution in [0.5, 0.6) is 0 Å². The van der Waals surface area contributed by atoms with Crippen molar-refractivity contribution in [2.45, 2.75) is 43.5 Å². The smallest absolute Gasteiger partial charge is 0.129 e. The summed E-state index contributed by atoms with van der Waals surface area (Å²) in [7, 11) is 0. The first-order chi connectivity index (χ1) is 12.5. The van der Waals surface area contributed by atoms with E-state index in [1.165, 1.54) is 17.7 Å². The van der Waals surface area contributed by atoms with E-state index >= 15 is 0 Å². The van der Waals surface area contributed by atoms with Crippen LogP contribution >= 0.6 is 0 Å². The SMILES string of the molecule is OC1(Cc2ccc(F)cc2F)CC2COCC(C1)N2Cc1ccccc1. The predicted octanol–water partition coefficient (Wildman–Crippen LogP) is 3.30. The Kier molecular flexibility index (Phi) is 4.78. The average Bonchev–Trinajstić information content (AvgIpc) is 2.60. The second-order valence-electron chi connectivity index (χ2n) is 7.55. The minimum absolute atomic E-state index is 0.0937. The zero-order chi connectivity index (χ0) is 18.1. The maximum Gasteiger partial charge on any atom is 0.129 e. The standard InChI is InChI=1S/C21H23F2NO2/c22-17-7-6-16(20(23)8-17)9-21(25)10-18-13-26-14-19(11-21)24(18)12-15-4-2-1-3-5-15/h1-8,18-19,25H,9-14H2. The number of rotatable bonds is 4. The van der Waals surface area contributed by atoms with E-state index in [9.17, 15) is 13.9 Å². The first-order valence-corrected chi connectivity index (χ1v) is 9.06. The first-order valence-electron chi connectivity index (χ1n) is 9.06. The molecule has 2 saturated heterocycles. The van der Waals surface area contributed by atoms with Gasteiger partial charge in [0.05, 0.1) is 18.8 Å². The van der Waals surface area contributed by atoms with Gasteiger partial charge in [-0.1, -0.05) is 36.4 Å². The molecule has 0 spiro atoms. The van der Waals surface area contributed by atoms with Gasteiger partial charge in [0.1, 0.15) is 11.6 Å². The Balaban J connectivity index is 1.51. The lowest BCUT2D eigenvalue weighted by Crippen LogP contribution is -2.61. The van der Waals surface area contributed by atoms with Crippen molar-refractivity contribution in [3.05, 3.63) is 71.3 Å². The fourth-order valence-electron chi connectivity index (χ4n) is 4.36. The summed E-state index contributed by atoms with van der Waals surface area (Å²) < 4.78 is 32.9. The summed E-state index contributed by atoms with van der Waals surface area (Å²) in [6, 6.07) is 14.0. The van der Waals surface area contributed by atoms with Crippen molar-refractivity contribution in [3.8, 4) is 0 Å². The van der Waals surface area contributed by atoms with Crippen molar-refractivity contribution in [1.29, 1.82) is 0 Å². The summed E-state index contributed by atoms with van der Waals surface area (Å²) >= 11 is 0. The molecule has 2 fully saturated rings. The zero-order valence-corrected chi connectivity index (χ0v) is 14.6. The van der Waals surface area contributed by atoms with Gasteiger partial charge in [0.2, 0.25) is 0 Å². The third-order valence-corrected chi connectivity index (χ3v) is 5.53. The molecule has 0 aromatic heterocycles. The molecule has 26 heavy (non-hydrogen) atoms. The maximum absolute atomic E-state index is 14.0. The summed E-state index contributed by atoms with van der Waals surface area (Å²) in [5.74, 6) is -1.19. The number of hydrogen-bond donors (Lipinski definition) is 1.